The predicted octanol–water partition coefficient (Wildman–Crippen LogP) is 4.52. The Hall–Kier alpha value is -1.35. The molecule has 0 bridgehead atoms. The Labute approximate surface area is 120 Å². The summed E-state index contributed by atoms with van der Waals surface area (Å²) >= 11 is 0. The van der Waals surface area contributed by atoms with E-state index < -0.39 is 0 Å². The average molecular weight is 277 g/mol. The summed E-state index contributed by atoms with van der Waals surface area (Å²) in [7, 11) is 0. The van der Waals surface area contributed by atoms with Crippen LogP contribution in [0.4, 0.5) is 4.39 Å². The van der Waals surface area contributed by atoms with Crippen LogP contribution in [-0.2, 0) is 13.0 Å². The van der Waals surface area contributed by atoms with Gasteiger partial charge in [-0.1, -0.05) is 27.7 Å². The smallest absolute Gasteiger partial charge is 0.134 e. The SMILES string of the molecule is CC(C)CNCc1oc2ccc(F)cc2c1CC(C)C. The quantitative estimate of drug-likeness (QED) is 0.840. The minimum absolute atomic E-state index is 0.204. The first-order valence-electron chi connectivity index (χ1n) is 7.38. The highest BCUT2D eigenvalue weighted by Gasteiger charge is 2.15. The van der Waals surface area contributed by atoms with Crippen molar-refractivity contribution < 1.29 is 8.81 Å². The van der Waals surface area contributed by atoms with Gasteiger partial charge in [-0.15, -0.1) is 0 Å². The number of benzene rings is 1. The predicted molar refractivity (Wildman–Crippen MR) is 81.3 cm³/mol. The largest absolute Gasteiger partial charge is 0.459 e. The minimum Gasteiger partial charge on any atom is -0.459 e. The van der Waals surface area contributed by atoms with Crippen molar-refractivity contribution in [3.8, 4) is 0 Å². The molecule has 0 fully saturated rings. The molecule has 0 saturated heterocycles. The van der Waals surface area contributed by atoms with E-state index in [9.17, 15) is 4.39 Å². The Kier molecular flexibility index (Phi) is 4.81. The van der Waals surface area contributed by atoms with Crippen molar-refractivity contribution in [2.45, 2.75) is 40.7 Å². The average Bonchev–Trinajstić information content (AvgIpc) is 2.66. The number of hydrogen-bond acceptors (Lipinski definition) is 2. The molecule has 0 unspecified atom stereocenters. The van der Waals surface area contributed by atoms with E-state index in [1.54, 1.807) is 12.1 Å². The van der Waals surface area contributed by atoms with Crippen LogP contribution in [0.1, 0.15) is 39.0 Å². The van der Waals surface area contributed by atoms with Crippen molar-refractivity contribution in [2.24, 2.45) is 11.8 Å². The molecular weight excluding hydrogens is 253 g/mol. The van der Waals surface area contributed by atoms with E-state index in [1.165, 1.54) is 6.07 Å². The van der Waals surface area contributed by atoms with Gasteiger partial charge in [0.05, 0.1) is 6.54 Å². The molecule has 20 heavy (non-hydrogen) atoms. The van der Waals surface area contributed by atoms with E-state index in [2.05, 4.69) is 33.0 Å². The molecule has 2 nitrogen and oxygen atoms in total. The molecule has 0 saturated carbocycles. The van der Waals surface area contributed by atoms with Crippen LogP contribution in [0.2, 0.25) is 0 Å². The highest BCUT2D eigenvalue weighted by molar-refractivity contribution is 5.82. The molecule has 0 spiro atoms. The number of fused-ring (bicyclic) bond motifs is 1. The number of furan rings is 1. The lowest BCUT2D eigenvalue weighted by molar-refractivity contribution is 0.476. The van der Waals surface area contributed by atoms with Gasteiger partial charge in [-0.25, -0.2) is 4.39 Å². The third kappa shape index (κ3) is 3.60. The molecule has 0 atom stereocenters. The third-order valence-electron chi connectivity index (χ3n) is 3.29. The van der Waals surface area contributed by atoms with Crippen molar-refractivity contribution >= 4 is 11.0 Å². The van der Waals surface area contributed by atoms with Gasteiger partial charge in [-0.3, -0.25) is 0 Å². The molecule has 0 amide bonds. The molecule has 110 valence electrons. The fourth-order valence-corrected chi connectivity index (χ4v) is 2.42. The van der Waals surface area contributed by atoms with Gasteiger partial charge in [0.15, 0.2) is 0 Å². The zero-order valence-electron chi connectivity index (χ0n) is 12.8. The Balaban J connectivity index is 2.31. The summed E-state index contributed by atoms with van der Waals surface area (Å²) in [6, 6.07) is 4.76. The van der Waals surface area contributed by atoms with Gasteiger partial charge in [0, 0.05) is 10.9 Å². The fraction of sp³-hybridized carbons (Fsp3) is 0.529. The van der Waals surface area contributed by atoms with Gasteiger partial charge in [0.1, 0.15) is 17.2 Å². The van der Waals surface area contributed by atoms with Crippen molar-refractivity contribution in [1.29, 1.82) is 0 Å². The number of halogens is 1. The van der Waals surface area contributed by atoms with Crippen LogP contribution in [0.3, 0.4) is 0 Å². The lowest BCUT2D eigenvalue weighted by Crippen LogP contribution is -2.19. The summed E-state index contributed by atoms with van der Waals surface area (Å²) in [6.07, 6.45) is 0.912. The van der Waals surface area contributed by atoms with Gasteiger partial charge in [-0.05, 0) is 43.0 Å². The molecule has 1 heterocycles. The van der Waals surface area contributed by atoms with E-state index in [0.29, 0.717) is 18.4 Å². The zero-order valence-corrected chi connectivity index (χ0v) is 12.8. The van der Waals surface area contributed by atoms with Crippen molar-refractivity contribution in [1.82, 2.24) is 5.32 Å². The van der Waals surface area contributed by atoms with Crippen LogP contribution in [0, 0.1) is 17.7 Å². The van der Waals surface area contributed by atoms with Crippen LogP contribution in [-0.4, -0.2) is 6.54 Å². The normalized spacial score (nSPS) is 11.9. The highest BCUT2D eigenvalue weighted by atomic mass is 19.1. The first-order valence-corrected chi connectivity index (χ1v) is 7.38. The standard InChI is InChI=1S/C17H24FNO/c1-11(2)7-14-15-8-13(18)5-6-16(15)20-17(14)10-19-9-12(3)4/h5-6,8,11-12,19H,7,9-10H2,1-4H3. The molecule has 2 aromatic rings. The third-order valence-corrected chi connectivity index (χ3v) is 3.29. The second-order valence-corrected chi connectivity index (χ2v) is 6.27. The van der Waals surface area contributed by atoms with Gasteiger partial charge in [0.25, 0.3) is 0 Å². The summed E-state index contributed by atoms with van der Waals surface area (Å²) in [5.41, 5.74) is 1.93. The highest BCUT2D eigenvalue weighted by Crippen LogP contribution is 2.29. The topological polar surface area (TPSA) is 25.2 Å². The van der Waals surface area contributed by atoms with E-state index in [0.717, 1.165) is 35.3 Å². The lowest BCUT2D eigenvalue weighted by atomic mass is 9.99. The zero-order chi connectivity index (χ0) is 14.7. The minimum atomic E-state index is -0.204. The maximum atomic E-state index is 13.5. The molecule has 2 rings (SSSR count). The van der Waals surface area contributed by atoms with Crippen LogP contribution in [0.15, 0.2) is 22.6 Å². The maximum Gasteiger partial charge on any atom is 0.134 e. The molecule has 0 aliphatic heterocycles. The summed E-state index contributed by atoms with van der Waals surface area (Å²) in [5.74, 6) is 1.86. The van der Waals surface area contributed by atoms with E-state index in [-0.39, 0.29) is 5.82 Å². The van der Waals surface area contributed by atoms with Gasteiger partial charge in [-0.2, -0.15) is 0 Å². The van der Waals surface area contributed by atoms with Gasteiger partial charge >= 0.3 is 0 Å². The van der Waals surface area contributed by atoms with E-state index >= 15 is 0 Å². The molecule has 1 aromatic heterocycles. The van der Waals surface area contributed by atoms with Crippen molar-refractivity contribution in [3.05, 3.63) is 35.3 Å². The molecule has 0 aliphatic carbocycles. The number of hydrogen-bond donors (Lipinski definition) is 1. The monoisotopic (exact) mass is 277 g/mol. The summed E-state index contributed by atoms with van der Waals surface area (Å²) in [4.78, 5) is 0. The molecule has 0 aliphatic rings. The van der Waals surface area contributed by atoms with E-state index in [1.807, 2.05) is 0 Å². The maximum absolute atomic E-state index is 13.5. The number of nitrogens with one attached hydrogen (secondary N) is 1. The number of rotatable bonds is 6. The van der Waals surface area contributed by atoms with Crippen molar-refractivity contribution in [2.75, 3.05) is 6.54 Å². The lowest BCUT2D eigenvalue weighted by Gasteiger charge is -2.09. The molecule has 3 heteroatoms. The second kappa shape index (κ2) is 6.40. The summed E-state index contributed by atoms with van der Waals surface area (Å²) in [6.45, 7) is 10.3. The van der Waals surface area contributed by atoms with Crippen molar-refractivity contribution in [3.63, 3.8) is 0 Å². The Morgan fingerprint density at radius 3 is 2.55 bits per heavy atom. The Morgan fingerprint density at radius 1 is 1.15 bits per heavy atom. The van der Waals surface area contributed by atoms with Crippen LogP contribution in [0.5, 0.6) is 0 Å². The fourth-order valence-electron chi connectivity index (χ4n) is 2.42. The Bertz CT molecular complexity index is 572. The van der Waals surface area contributed by atoms with Crippen LogP contribution < -0.4 is 5.32 Å². The Morgan fingerprint density at radius 2 is 1.90 bits per heavy atom. The molecular formula is C17H24FNO. The second-order valence-electron chi connectivity index (χ2n) is 6.27. The first kappa shape index (κ1) is 15.0. The summed E-state index contributed by atoms with van der Waals surface area (Å²) < 4.78 is 19.4. The molecule has 0 radical (unpaired) electrons. The molecule has 1 aromatic carbocycles. The van der Waals surface area contributed by atoms with Crippen LogP contribution in [0.25, 0.3) is 11.0 Å². The van der Waals surface area contributed by atoms with Gasteiger partial charge < -0.3 is 9.73 Å². The molecule has 1 N–H and O–H groups in total. The summed E-state index contributed by atoms with van der Waals surface area (Å²) in [5, 5.41) is 4.32. The van der Waals surface area contributed by atoms with E-state index in [4.69, 9.17) is 4.42 Å². The first-order chi connectivity index (χ1) is 9.47. The van der Waals surface area contributed by atoms with Crippen LogP contribution >= 0.6 is 0 Å². The van der Waals surface area contributed by atoms with Gasteiger partial charge in [0.2, 0.25) is 0 Å².